The van der Waals surface area contributed by atoms with E-state index in [4.69, 9.17) is 4.74 Å². The van der Waals surface area contributed by atoms with Gasteiger partial charge in [0, 0.05) is 13.1 Å². The highest BCUT2D eigenvalue weighted by Crippen LogP contribution is 2.29. The third-order valence-corrected chi connectivity index (χ3v) is 4.29. The van der Waals surface area contributed by atoms with E-state index in [0.717, 1.165) is 56.9 Å². The molecular formula is C18H30IN3O2. The first kappa shape index (κ1) is 21.0. The number of nitrogens with zero attached hydrogens (tertiary/aromatic N) is 1. The van der Waals surface area contributed by atoms with Gasteiger partial charge in [-0.25, -0.2) is 0 Å². The van der Waals surface area contributed by atoms with Crippen LogP contribution in [0.25, 0.3) is 0 Å². The molecule has 0 aliphatic heterocycles. The molecular weight excluding hydrogens is 417 g/mol. The number of aliphatic hydroxyl groups is 1. The molecule has 0 heterocycles. The number of rotatable bonds is 7. The summed E-state index contributed by atoms with van der Waals surface area (Å²) < 4.78 is 5.37. The van der Waals surface area contributed by atoms with Crippen molar-refractivity contribution in [3.05, 3.63) is 29.8 Å². The topological polar surface area (TPSA) is 65.9 Å². The van der Waals surface area contributed by atoms with Gasteiger partial charge in [-0.1, -0.05) is 31.0 Å². The van der Waals surface area contributed by atoms with Crippen molar-refractivity contribution < 1.29 is 9.84 Å². The summed E-state index contributed by atoms with van der Waals surface area (Å²) >= 11 is 0. The fourth-order valence-corrected chi connectivity index (χ4v) is 2.98. The van der Waals surface area contributed by atoms with Gasteiger partial charge in [-0.2, -0.15) is 0 Å². The van der Waals surface area contributed by atoms with E-state index in [0.29, 0.717) is 6.54 Å². The maximum absolute atomic E-state index is 10.4. The number of aliphatic imine (C=N–C) groups is 1. The van der Waals surface area contributed by atoms with Crippen molar-refractivity contribution in [2.45, 2.75) is 44.6 Å². The Labute approximate surface area is 162 Å². The lowest BCUT2D eigenvalue weighted by atomic mass is 10.0. The molecule has 5 nitrogen and oxygen atoms in total. The van der Waals surface area contributed by atoms with E-state index < -0.39 is 5.60 Å². The van der Waals surface area contributed by atoms with Crippen LogP contribution in [0.1, 0.15) is 38.2 Å². The van der Waals surface area contributed by atoms with Crippen LogP contribution in [0.4, 0.5) is 0 Å². The molecule has 0 spiro atoms. The van der Waals surface area contributed by atoms with Crippen molar-refractivity contribution in [1.29, 1.82) is 0 Å². The number of hydrogen-bond donors (Lipinski definition) is 3. The van der Waals surface area contributed by atoms with Crippen molar-refractivity contribution in [1.82, 2.24) is 10.6 Å². The average molecular weight is 447 g/mol. The third-order valence-electron chi connectivity index (χ3n) is 4.29. The molecule has 0 atom stereocenters. The van der Waals surface area contributed by atoms with Crippen LogP contribution < -0.4 is 15.4 Å². The van der Waals surface area contributed by atoms with Crippen molar-refractivity contribution in [3.8, 4) is 5.75 Å². The van der Waals surface area contributed by atoms with Crippen molar-refractivity contribution in [3.63, 3.8) is 0 Å². The Bertz CT molecular complexity index is 517. The summed E-state index contributed by atoms with van der Waals surface area (Å²) in [4.78, 5) is 4.55. The SMILES string of the molecule is CCNC(=NCC1(O)CCCC1)NCCc1ccccc1OC.I. The second kappa shape index (κ2) is 10.8. The first-order valence-corrected chi connectivity index (χ1v) is 8.53. The highest BCUT2D eigenvalue weighted by atomic mass is 127. The van der Waals surface area contributed by atoms with Crippen LogP contribution in [-0.2, 0) is 6.42 Å². The number of hydrogen-bond acceptors (Lipinski definition) is 3. The van der Waals surface area contributed by atoms with Crippen molar-refractivity contribution in [2.24, 2.45) is 4.99 Å². The summed E-state index contributed by atoms with van der Waals surface area (Å²) in [6.07, 6.45) is 4.78. The molecule has 1 saturated carbocycles. The Morgan fingerprint density at radius 2 is 1.96 bits per heavy atom. The monoisotopic (exact) mass is 447 g/mol. The number of guanidine groups is 1. The predicted octanol–water partition coefficient (Wildman–Crippen LogP) is 2.72. The fourth-order valence-electron chi connectivity index (χ4n) is 2.98. The molecule has 0 bridgehead atoms. The molecule has 0 radical (unpaired) electrons. The van der Waals surface area contributed by atoms with Gasteiger partial charge in [0.05, 0.1) is 19.3 Å². The summed E-state index contributed by atoms with van der Waals surface area (Å²) in [6, 6.07) is 8.05. The van der Waals surface area contributed by atoms with Crippen molar-refractivity contribution in [2.75, 3.05) is 26.7 Å². The lowest BCUT2D eigenvalue weighted by Crippen LogP contribution is -2.40. The fraction of sp³-hybridized carbons (Fsp3) is 0.611. The zero-order chi connectivity index (χ0) is 16.5. The molecule has 1 aliphatic rings. The molecule has 3 N–H and O–H groups in total. The lowest BCUT2D eigenvalue weighted by Gasteiger charge is -2.20. The molecule has 136 valence electrons. The zero-order valence-electron chi connectivity index (χ0n) is 14.7. The normalized spacial score (nSPS) is 16.4. The molecule has 0 unspecified atom stereocenters. The highest BCUT2D eigenvalue weighted by Gasteiger charge is 2.30. The molecule has 0 amide bonds. The molecule has 1 aromatic carbocycles. The van der Waals surface area contributed by atoms with Crippen LogP contribution >= 0.6 is 24.0 Å². The van der Waals surface area contributed by atoms with E-state index in [2.05, 4.69) is 21.7 Å². The van der Waals surface area contributed by atoms with Crippen molar-refractivity contribution >= 4 is 29.9 Å². The number of methoxy groups -OCH3 is 1. The van der Waals surface area contributed by atoms with Crippen LogP contribution in [0.5, 0.6) is 5.75 Å². The largest absolute Gasteiger partial charge is 0.496 e. The average Bonchev–Trinajstić information content (AvgIpc) is 3.00. The van der Waals surface area contributed by atoms with E-state index in [-0.39, 0.29) is 24.0 Å². The van der Waals surface area contributed by atoms with Crippen LogP contribution in [0.2, 0.25) is 0 Å². The molecule has 0 saturated heterocycles. The first-order chi connectivity index (χ1) is 11.2. The maximum atomic E-state index is 10.4. The molecule has 1 aromatic rings. The Hall–Kier alpha value is -1.02. The summed E-state index contributed by atoms with van der Waals surface area (Å²) in [6.45, 7) is 4.09. The Balaban J connectivity index is 0.00000288. The van der Waals surface area contributed by atoms with E-state index in [1.807, 2.05) is 25.1 Å². The quantitative estimate of drug-likeness (QED) is 0.342. The number of ether oxygens (including phenoxy) is 1. The summed E-state index contributed by atoms with van der Waals surface area (Å²) in [7, 11) is 1.69. The minimum Gasteiger partial charge on any atom is -0.496 e. The minimum atomic E-state index is -0.606. The number of halogens is 1. The minimum absolute atomic E-state index is 0. The lowest BCUT2D eigenvalue weighted by molar-refractivity contribution is 0.0574. The molecule has 0 aromatic heterocycles. The third kappa shape index (κ3) is 6.47. The summed E-state index contributed by atoms with van der Waals surface area (Å²) in [5.74, 6) is 1.68. The maximum Gasteiger partial charge on any atom is 0.191 e. The van der Waals surface area contributed by atoms with E-state index in [9.17, 15) is 5.11 Å². The first-order valence-electron chi connectivity index (χ1n) is 8.53. The predicted molar refractivity (Wildman–Crippen MR) is 110 cm³/mol. The highest BCUT2D eigenvalue weighted by molar-refractivity contribution is 14.0. The molecule has 2 rings (SSSR count). The Morgan fingerprint density at radius 3 is 2.62 bits per heavy atom. The van der Waals surface area contributed by atoms with Gasteiger partial charge in [0.25, 0.3) is 0 Å². The summed E-state index contributed by atoms with van der Waals surface area (Å²) in [5.41, 5.74) is 0.568. The number of benzene rings is 1. The van der Waals surface area contributed by atoms with E-state index >= 15 is 0 Å². The van der Waals surface area contributed by atoms with E-state index in [1.165, 1.54) is 5.56 Å². The molecule has 1 aliphatic carbocycles. The second-order valence-electron chi connectivity index (χ2n) is 6.12. The van der Waals surface area contributed by atoms with Crippen LogP contribution in [0.15, 0.2) is 29.3 Å². The van der Waals surface area contributed by atoms with Gasteiger partial charge in [-0.05, 0) is 37.8 Å². The molecule has 24 heavy (non-hydrogen) atoms. The van der Waals surface area contributed by atoms with Gasteiger partial charge in [0.15, 0.2) is 5.96 Å². The van der Waals surface area contributed by atoms with Gasteiger partial charge in [0.2, 0.25) is 0 Å². The number of para-hydroxylation sites is 1. The molecule has 1 fully saturated rings. The van der Waals surface area contributed by atoms with Gasteiger partial charge >= 0.3 is 0 Å². The van der Waals surface area contributed by atoms with Crippen LogP contribution in [0, 0.1) is 0 Å². The summed E-state index contributed by atoms with van der Waals surface area (Å²) in [5, 5.41) is 17.0. The molecule has 6 heteroatoms. The van der Waals surface area contributed by atoms with Gasteiger partial charge in [0.1, 0.15) is 5.75 Å². The zero-order valence-corrected chi connectivity index (χ0v) is 17.0. The second-order valence-corrected chi connectivity index (χ2v) is 6.12. The van der Waals surface area contributed by atoms with E-state index in [1.54, 1.807) is 7.11 Å². The van der Waals surface area contributed by atoms with Crippen LogP contribution in [-0.4, -0.2) is 43.4 Å². The van der Waals surface area contributed by atoms with Crippen LogP contribution in [0.3, 0.4) is 0 Å². The Kier molecular flexibility index (Phi) is 9.43. The Morgan fingerprint density at radius 1 is 1.25 bits per heavy atom. The number of nitrogens with one attached hydrogen (secondary N) is 2. The standard InChI is InChI=1S/C18H29N3O2.HI/c1-3-19-17(21-14-18(22)11-6-7-12-18)20-13-10-15-8-4-5-9-16(15)23-2;/h4-5,8-9,22H,3,6-7,10-14H2,1-2H3,(H2,19,20,21);1H. The van der Waals surface area contributed by atoms with Gasteiger partial charge in [-0.15, -0.1) is 24.0 Å². The van der Waals surface area contributed by atoms with Gasteiger partial charge in [-0.3, -0.25) is 4.99 Å². The van der Waals surface area contributed by atoms with Gasteiger partial charge < -0.3 is 20.5 Å². The smallest absolute Gasteiger partial charge is 0.191 e.